The van der Waals surface area contributed by atoms with Crippen LogP contribution in [-0.2, 0) is 10.2 Å². The largest absolute Gasteiger partial charge is 0.457 e. The van der Waals surface area contributed by atoms with Crippen LogP contribution in [0.3, 0.4) is 0 Å². The topological polar surface area (TPSA) is 81.4 Å². The molecule has 0 aliphatic heterocycles. The quantitative estimate of drug-likeness (QED) is 0.116. The van der Waals surface area contributed by atoms with Gasteiger partial charge >= 0.3 is 0 Å². The number of carbonyl (C=O) groups excluding carboxylic acids is 1. The number of hydrogen-bond donors (Lipinski definition) is 1. The zero-order chi connectivity index (χ0) is 28.7. The number of nitrogens with zero attached hydrogens (tertiary/aromatic N) is 4. The summed E-state index contributed by atoms with van der Waals surface area (Å²) in [5, 5.41) is 13.7. The number of benzene rings is 4. The van der Waals surface area contributed by atoms with Gasteiger partial charge in [-0.25, -0.2) is 5.43 Å². The maximum atomic E-state index is 12.6. The molecule has 0 aliphatic rings. The second-order valence-corrected chi connectivity index (χ2v) is 11.3. The number of aromatic nitrogens is 3. The van der Waals surface area contributed by atoms with Crippen LogP contribution in [0.1, 0.15) is 31.9 Å². The van der Waals surface area contributed by atoms with Crippen LogP contribution in [0.5, 0.6) is 11.5 Å². The van der Waals surface area contributed by atoms with Crippen LogP contribution in [-0.4, -0.2) is 32.6 Å². The number of ether oxygens (including phenoxy) is 1. The summed E-state index contributed by atoms with van der Waals surface area (Å²) in [7, 11) is 0. The monoisotopic (exact) mass is 561 g/mol. The predicted octanol–water partition coefficient (Wildman–Crippen LogP) is 7.27. The summed E-state index contributed by atoms with van der Waals surface area (Å²) in [6.07, 6.45) is 1.59. The highest BCUT2D eigenvalue weighted by molar-refractivity contribution is 7.99. The highest BCUT2D eigenvalue weighted by atomic mass is 32.2. The van der Waals surface area contributed by atoms with Gasteiger partial charge in [-0.05, 0) is 52.9 Å². The first-order valence-electron chi connectivity index (χ1n) is 13.3. The molecule has 0 saturated heterocycles. The van der Waals surface area contributed by atoms with E-state index in [2.05, 4.69) is 65.8 Å². The van der Waals surface area contributed by atoms with Gasteiger partial charge in [0, 0.05) is 11.3 Å². The highest BCUT2D eigenvalue weighted by Gasteiger charge is 2.19. The molecular formula is C33H31N5O2S. The molecule has 0 radical (unpaired) electrons. The van der Waals surface area contributed by atoms with Gasteiger partial charge in [0.25, 0.3) is 5.91 Å². The van der Waals surface area contributed by atoms with Crippen molar-refractivity contribution in [3.63, 3.8) is 0 Å². The van der Waals surface area contributed by atoms with Gasteiger partial charge in [0.15, 0.2) is 11.0 Å². The van der Waals surface area contributed by atoms with E-state index < -0.39 is 0 Å². The molecule has 1 amide bonds. The Hall–Kier alpha value is -4.69. The maximum Gasteiger partial charge on any atom is 0.250 e. The van der Waals surface area contributed by atoms with Gasteiger partial charge in [0.05, 0.1) is 12.0 Å². The van der Waals surface area contributed by atoms with Crippen molar-refractivity contribution in [1.29, 1.82) is 0 Å². The van der Waals surface area contributed by atoms with Crippen molar-refractivity contribution in [3.05, 3.63) is 120 Å². The molecule has 5 rings (SSSR count). The normalized spacial score (nSPS) is 11.5. The van der Waals surface area contributed by atoms with E-state index in [4.69, 9.17) is 4.74 Å². The molecule has 1 aromatic heterocycles. The number of rotatable bonds is 9. The predicted molar refractivity (Wildman–Crippen MR) is 165 cm³/mol. The van der Waals surface area contributed by atoms with Gasteiger partial charge < -0.3 is 4.74 Å². The Bertz CT molecular complexity index is 1630. The zero-order valence-corrected chi connectivity index (χ0v) is 24.0. The Morgan fingerprint density at radius 3 is 2.27 bits per heavy atom. The number of amides is 1. The van der Waals surface area contributed by atoms with Gasteiger partial charge in [0.1, 0.15) is 11.5 Å². The molecule has 0 fully saturated rings. The number of carbonyl (C=O) groups is 1. The lowest BCUT2D eigenvalue weighted by molar-refractivity contribution is -0.118. The Kier molecular flexibility index (Phi) is 8.60. The Morgan fingerprint density at radius 2 is 1.56 bits per heavy atom. The van der Waals surface area contributed by atoms with Crippen LogP contribution in [0.25, 0.3) is 17.1 Å². The summed E-state index contributed by atoms with van der Waals surface area (Å²) in [6.45, 7) is 6.57. The molecule has 0 atom stereocenters. The summed E-state index contributed by atoms with van der Waals surface area (Å²) in [6, 6.07) is 35.3. The van der Waals surface area contributed by atoms with Gasteiger partial charge in [0.2, 0.25) is 0 Å². The van der Waals surface area contributed by atoms with Crippen LogP contribution >= 0.6 is 11.8 Å². The first kappa shape index (κ1) is 27.9. The third-order valence-electron chi connectivity index (χ3n) is 6.23. The molecule has 1 N–H and O–H groups in total. The minimum absolute atomic E-state index is 0.0568. The molecule has 7 nitrogen and oxygen atoms in total. The lowest BCUT2D eigenvalue weighted by atomic mass is 9.87. The van der Waals surface area contributed by atoms with Crippen molar-refractivity contribution < 1.29 is 9.53 Å². The third kappa shape index (κ3) is 7.29. The van der Waals surface area contributed by atoms with Crippen molar-refractivity contribution in [1.82, 2.24) is 20.2 Å². The van der Waals surface area contributed by atoms with Gasteiger partial charge in [-0.3, -0.25) is 9.36 Å². The molecule has 206 valence electrons. The molecule has 0 spiro atoms. The molecule has 0 bridgehead atoms. The zero-order valence-electron chi connectivity index (χ0n) is 23.2. The summed E-state index contributed by atoms with van der Waals surface area (Å²) < 4.78 is 7.85. The number of para-hydroxylation sites is 2. The first-order valence-corrected chi connectivity index (χ1v) is 14.2. The lowest BCUT2D eigenvalue weighted by Gasteiger charge is -2.19. The fraction of sp³-hybridized carbons (Fsp3) is 0.152. The average molecular weight is 562 g/mol. The summed E-state index contributed by atoms with van der Waals surface area (Å²) in [5.41, 5.74) is 6.58. The SMILES string of the molecule is CC(C)(C)c1ccc(-c2nnc(SCC(=O)N/N=C/c3cccc(Oc4ccccc4)c3)n2-c2ccccc2)cc1. The van der Waals surface area contributed by atoms with E-state index >= 15 is 0 Å². The fourth-order valence-corrected chi connectivity index (χ4v) is 4.85. The van der Waals surface area contributed by atoms with Crippen molar-refractivity contribution >= 4 is 23.9 Å². The Labute approximate surface area is 244 Å². The van der Waals surface area contributed by atoms with Crippen molar-refractivity contribution in [2.75, 3.05) is 5.75 Å². The summed E-state index contributed by atoms with van der Waals surface area (Å²) in [4.78, 5) is 12.6. The average Bonchev–Trinajstić information content (AvgIpc) is 3.41. The molecule has 41 heavy (non-hydrogen) atoms. The van der Waals surface area contributed by atoms with E-state index in [1.54, 1.807) is 6.21 Å². The molecule has 8 heteroatoms. The molecular weight excluding hydrogens is 530 g/mol. The second kappa shape index (κ2) is 12.7. The van der Waals surface area contributed by atoms with E-state index in [0.717, 1.165) is 28.4 Å². The van der Waals surface area contributed by atoms with Gasteiger partial charge in [-0.15, -0.1) is 10.2 Å². The van der Waals surface area contributed by atoms with Gasteiger partial charge in [-0.1, -0.05) is 105 Å². The fourth-order valence-electron chi connectivity index (χ4n) is 4.10. The summed E-state index contributed by atoms with van der Waals surface area (Å²) >= 11 is 1.31. The van der Waals surface area contributed by atoms with E-state index in [0.29, 0.717) is 10.9 Å². The minimum atomic E-state index is -0.248. The molecule has 0 saturated carbocycles. The lowest BCUT2D eigenvalue weighted by Crippen LogP contribution is -2.20. The van der Waals surface area contributed by atoms with Crippen LogP contribution in [0.15, 0.2) is 119 Å². The van der Waals surface area contributed by atoms with E-state index in [9.17, 15) is 4.79 Å². The smallest absolute Gasteiger partial charge is 0.250 e. The molecule has 5 aromatic rings. The van der Waals surface area contributed by atoms with Crippen LogP contribution in [0.4, 0.5) is 0 Å². The van der Waals surface area contributed by atoms with Crippen molar-refractivity contribution in [2.24, 2.45) is 5.10 Å². The molecule has 0 unspecified atom stereocenters. The van der Waals surface area contributed by atoms with Gasteiger partial charge in [-0.2, -0.15) is 5.10 Å². The molecule has 1 heterocycles. The minimum Gasteiger partial charge on any atom is -0.457 e. The van der Waals surface area contributed by atoms with Crippen molar-refractivity contribution in [3.8, 4) is 28.6 Å². The maximum absolute atomic E-state index is 12.6. The van der Waals surface area contributed by atoms with E-state index in [1.165, 1.54) is 17.3 Å². The van der Waals surface area contributed by atoms with E-state index in [-0.39, 0.29) is 17.1 Å². The van der Waals surface area contributed by atoms with Crippen molar-refractivity contribution in [2.45, 2.75) is 31.3 Å². The highest BCUT2D eigenvalue weighted by Crippen LogP contribution is 2.30. The standard InChI is InChI=1S/C33H31N5O2S/c1-33(2,3)26-19-17-25(18-20-26)31-36-37-32(38(31)27-12-6-4-7-13-27)41-23-30(39)35-34-22-24-11-10-16-29(21-24)40-28-14-8-5-9-15-28/h4-22H,23H2,1-3H3,(H,35,39)/b34-22+. The number of nitrogens with one attached hydrogen (secondary N) is 1. The second-order valence-electron chi connectivity index (χ2n) is 10.4. The molecule has 4 aromatic carbocycles. The first-order chi connectivity index (χ1) is 19.9. The Morgan fingerprint density at radius 1 is 0.878 bits per heavy atom. The summed E-state index contributed by atoms with van der Waals surface area (Å²) in [5.74, 6) is 2.03. The van der Waals surface area contributed by atoms with Crippen LogP contribution in [0.2, 0.25) is 0 Å². The third-order valence-corrected chi connectivity index (χ3v) is 7.16. The van der Waals surface area contributed by atoms with Crippen LogP contribution < -0.4 is 10.2 Å². The van der Waals surface area contributed by atoms with Crippen LogP contribution in [0, 0.1) is 0 Å². The Balaban J connectivity index is 1.26. The number of hydrogen-bond acceptors (Lipinski definition) is 6. The number of hydrazone groups is 1. The number of thioether (sulfide) groups is 1. The van der Waals surface area contributed by atoms with E-state index in [1.807, 2.05) is 89.5 Å². The molecule has 0 aliphatic carbocycles.